The lowest BCUT2D eigenvalue weighted by molar-refractivity contribution is -0.0497. The van der Waals surface area contributed by atoms with Gasteiger partial charge in [0, 0.05) is 24.8 Å². The van der Waals surface area contributed by atoms with Crippen molar-refractivity contribution in [2.45, 2.75) is 32.5 Å². The zero-order chi connectivity index (χ0) is 17.0. The van der Waals surface area contributed by atoms with Gasteiger partial charge in [0.25, 0.3) is 0 Å². The van der Waals surface area contributed by atoms with E-state index in [0.29, 0.717) is 18.8 Å². The van der Waals surface area contributed by atoms with Crippen LogP contribution < -0.4 is 10.1 Å². The number of nitrogens with zero attached hydrogens (tertiary/aromatic N) is 1. The lowest BCUT2D eigenvalue weighted by Crippen LogP contribution is -2.42. The van der Waals surface area contributed by atoms with Gasteiger partial charge in [0.1, 0.15) is 5.75 Å². The number of hydrogen-bond donors (Lipinski definition) is 2. The molecule has 0 spiro atoms. The zero-order valence-electron chi connectivity index (χ0n) is 12.6. The number of halogens is 3. The topological polar surface area (TPSA) is 61.8 Å². The SMILES string of the molecule is CC(O)C1CCN(C(=O)Nc2ccc(Cl)c(OC(F)F)c2)CC1. The van der Waals surface area contributed by atoms with Gasteiger partial charge in [0.2, 0.25) is 0 Å². The van der Waals surface area contributed by atoms with Gasteiger partial charge in [-0.3, -0.25) is 0 Å². The largest absolute Gasteiger partial charge is 0.433 e. The number of aliphatic hydroxyl groups excluding tert-OH is 1. The predicted octanol–water partition coefficient (Wildman–Crippen LogP) is 3.57. The lowest BCUT2D eigenvalue weighted by atomic mass is 9.92. The highest BCUT2D eigenvalue weighted by Gasteiger charge is 2.25. The molecule has 1 unspecified atom stereocenters. The average molecular weight is 349 g/mol. The highest BCUT2D eigenvalue weighted by atomic mass is 35.5. The molecule has 0 bridgehead atoms. The molecule has 8 heteroatoms. The molecule has 1 fully saturated rings. The molecule has 1 saturated heterocycles. The first-order chi connectivity index (χ1) is 10.9. The number of anilines is 1. The first kappa shape index (κ1) is 17.7. The third-order valence-corrected chi connectivity index (χ3v) is 4.22. The van der Waals surface area contributed by atoms with E-state index in [9.17, 15) is 18.7 Å². The Kier molecular flexibility index (Phi) is 6.01. The molecule has 0 radical (unpaired) electrons. The number of carbonyl (C=O) groups excluding carboxylic acids is 1. The molecule has 1 heterocycles. The van der Waals surface area contributed by atoms with Crippen molar-refractivity contribution < 1.29 is 23.4 Å². The number of likely N-dealkylation sites (tertiary alicyclic amines) is 1. The van der Waals surface area contributed by atoms with E-state index in [0.717, 1.165) is 12.8 Å². The van der Waals surface area contributed by atoms with Crippen molar-refractivity contribution in [1.29, 1.82) is 0 Å². The summed E-state index contributed by atoms with van der Waals surface area (Å²) in [5.41, 5.74) is 0.327. The second-order valence-electron chi connectivity index (χ2n) is 5.52. The van der Waals surface area contributed by atoms with Gasteiger partial charge in [-0.25, -0.2) is 4.79 Å². The normalized spacial score (nSPS) is 17.2. The molecule has 0 aliphatic carbocycles. The number of nitrogens with one attached hydrogen (secondary N) is 1. The number of piperidine rings is 1. The molecular formula is C15H19ClF2N2O3. The molecule has 0 aromatic heterocycles. The van der Waals surface area contributed by atoms with Crippen LogP contribution in [0.25, 0.3) is 0 Å². The Morgan fingerprint density at radius 3 is 2.65 bits per heavy atom. The predicted molar refractivity (Wildman–Crippen MR) is 83.1 cm³/mol. The van der Waals surface area contributed by atoms with E-state index in [1.165, 1.54) is 18.2 Å². The second-order valence-corrected chi connectivity index (χ2v) is 5.93. The summed E-state index contributed by atoms with van der Waals surface area (Å²) >= 11 is 5.77. The maximum absolute atomic E-state index is 12.3. The van der Waals surface area contributed by atoms with Crippen LogP contribution in [0.2, 0.25) is 5.02 Å². The van der Waals surface area contributed by atoms with Crippen LogP contribution in [0.3, 0.4) is 0 Å². The number of alkyl halides is 2. The Labute approximate surface area is 138 Å². The van der Waals surface area contributed by atoms with Gasteiger partial charge in [-0.05, 0) is 37.8 Å². The van der Waals surface area contributed by atoms with Crippen molar-refractivity contribution in [3.8, 4) is 5.75 Å². The van der Waals surface area contributed by atoms with Crippen LogP contribution in [0.5, 0.6) is 5.75 Å². The van der Waals surface area contributed by atoms with Crippen LogP contribution in [-0.2, 0) is 0 Å². The van der Waals surface area contributed by atoms with Gasteiger partial charge in [-0.1, -0.05) is 11.6 Å². The molecule has 1 aromatic carbocycles. The average Bonchev–Trinajstić information content (AvgIpc) is 2.50. The van der Waals surface area contributed by atoms with Gasteiger partial charge in [-0.15, -0.1) is 0 Å². The van der Waals surface area contributed by atoms with E-state index >= 15 is 0 Å². The quantitative estimate of drug-likeness (QED) is 0.874. The van der Waals surface area contributed by atoms with Gasteiger partial charge in [-0.2, -0.15) is 8.78 Å². The van der Waals surface area contributed by atoms with Crippen molar-refractivity contribution >= 4 is 23.3 Å². The molecule has 0 saturated carbocycles. The highest BCUT2D eigenvalue weighted by Crippen LogP contribution is 2.29. The van der Waals surface area contributed by atoms with E-state index in [1.807, 2.05) is 0 Å². The van der Waals surface area contributed by atoms with Gasteiger partial charge in [0.15, 0.2) is 0 Å². The number of hydrogen-bond acceptors (Lipinski definition) is 3. The number of rotatable bonds is 4. The fourth-order valence-electron chi connectivity index (χ4n) is 2.55. The summed E-state index contributed by atoms with van der Waals surface area (Å²) < 4.78 is 28.9. The van der Waals surface area contributed by atoms with Crippen LogP contribution in [0.1, 0.15) is 19.8 Å². The number of ether oxygens (including phenoxy) is 1. The smallest absolute Gasteiger partial charge is 0.387 e. The van der Waals surface area contributed by atoms with Gasteiger partial charge < -0.3 is 20.1 Å². The fourth-order valence-corrected chi connectivity index (χ4v) is 2.72. The van der Waals surface area contributed by atoms with Crippen LogP contribution in [0.15, 0.2) is 18.2 Å². The van der Waals surface area contributed by atoms with Crippen LogP contribution in [0, 0.1) is 5.92 Å². The molecule has 23 heavy (non-hydrogen) atoms. The van der Waals surface area contributed by atoms with Crippen molar-refractivity contribution in [1.82, 2.24) is 4.90 Å². The molecule has 2 N–H and O–H groups in total. The molecule has 1 aliphatic heterocycles. The molecular weight excluding hydrogens is 330 g/mol. The Balaban J connectivity index is 1.95. The third-order valence-electron chi connectivity index (χ3n) is 3.91. The molecule has 1 aliphatic rings. The summed E-state index contributed by atoms with van der Waals surface area (Å²) in [5, 5.41) is 12.2. The van der Waals surface area contributed by atoms with E-state index in [1.54, 1.807) is 11.8 Å². The van der Waals surface area contributed by atoms with Crippen molar-refractivity contribution in [3.05, 3.63) is 23.2 Å². The Bertz CT molecular complexity index is 550. The van der Waals surface area contributed by atoms with Gasteiger partial charge in [0.05, 0.1) is 11.1 Å². The standard InChI is InChI=1S/C15H19ClF2N2O3/c1-9(21)10-4-6-20(7-5-10)15(22)19-11-2-3-12(16)13(8-11)23-14(17)18/h2-3,8-10,14,21H,4-7H2,1H3,(H,19,22). The number of benzene rings is 1. The minimum absolute atomic E-state index is 0.0426. The zero-order valence-corrected chi connectivity index (χ0v) is 13.4. The summed E-state index contributed by atoms with van der Waals surface area (Å²) in [5.74, 6) is 0.00732. The molecule has 2 rings (SSSR count). The molecule has 2 amide bonds. The monoisotopic (exact) mass is 348 g/mol. The Morgan fingerprint density at radius 2 is 2.09 bits per heavy atom. The second kappa shape index (κ2) is 7.79. The summed E-state index contributed by atoms with van der Waals surface area (Å²) in [6, 6.07) is 3.84. The molecule has 1 atom stereocenters. The summed E-state index contributed by atoms with van der Waals surface area (Å²) in [6.07, 6.45) is 1.07. The minimum Gasteiger partial charge on any atom is -0.433 e. The number of amides is 2. The summed E-state index contributed by atoms with van der Waals surface area (Å²) in [4.78, 5) is 13.8. The van der Waals surface area contributed by atoms with E-state index in [2.05, 4.69) is 10.1 Å². The number of aliphatic hydroxyl groups is 1. The minimum atomic E-state index is -2.99. The number of urea groups is 1. The van der Waals surface area contributed by atoms with Crippen LogP contribution in [0.4, 0.5) is 19.3 Å². The molecule has 128 valence electrons. The van der Waals surface area contributed by atoms with Crippen molar-refractivity contribution in [2.75, 3.05) is 18.4 Å². The first-order valence-electron chi connectivity index (χ1n) is 7.35. The highest BCUT2D eigenvalue weighted by molar-refractivity contribution is 6.32. The summed E-state index contributed by atoms with van der Waals surface area (Å²) in [6.45, 7) is -0.165. The first-order valence-corrected chi connectivity index (χ1v) is 7.73. The van der Waals surface area contributed by atoms with E-state index in [4.69, 9.17) is 11.6 Å². The lowest BCUT2D eigenvalue weighted by Gasteiger charge is -2.33. The van der Waals surface area contributed by atoms with Crippen molar-refractivity contribution in [3.63, 3.8) is 0 Å². The van der Waals surface area contributed by atoms with E-state index in [-0.39, 0.29) is 28.8 Å². The van der Waals surface area contributed by atoms with E-state index < -0.39 is 6.61 Å². The Hall–Kier alpha value is -1.60. The third kappa shape index (κ3) is 4.94. The molecule has 5 nitrogen and oxygen atoms in total. The maximum atomic E-state index is 12.3. The fraction of sp³-hybridized carbons (Fsp3) is 0.533. The Morgan fingerprint density at radius 1 is 1.43 bits per heavy atom. The van der Waals surface area contributed by atoms with Crippen LogP contribution in [-0.4, -0.2) is 41.8 Å². The van der Waals surface area contributed by atoms with Gasteiger partial charge >= 0.3 is 12.6 Å². The summed E-state index contributed by atoms with van der Waals surface area (Å²) in [7, 11) is 0. The van der Waals surface area contributed by atoms with Crippen LogP contribution >= 0.6 is 11.6 Å². The maximum Gasteiger partial charge on any atom is 0.387 e. The van der Waals surface area contributed by atoms with Crippen molar-refractivity contribution in [2.24, 2.45) is 5.92 Å². The molecule has 1 aromatic rings. The number of carbonyl (C=O) groups is 1.